The summed E-state index contributed by atoms with van der Waals surface area (Å²) >= 11 is 0. The lowest BCUT2D eigenvalue weighted by atomic mass is 9.77. The predicted molar refractivity (Wildman–Crippen MR) is 69.0 cm³/mol. The molecular formula is C15H28. The molecule has 0 unspecified atom stereocenters. The van der Waals surface area contributed by atoms with E-state index in [1.54, 1.807) is 5.57 Å². The monoisotopic (exact) mass is 208 g/mol. The van der Waals surface area contributed by atoms with Gasteiger partial charge < -0.3 is 0 Å². The highest BCUT2D eigenvalue weighted by molar-refractivity contribution is 5.06. The Morgan fingerprint density at radius 2 is 1.60 bits per heavy atom. The average Bonchev–Trinajstić information content (AvgIpc) is 2.29. The van der Waals surface area contributed by atoms with E-state index in [0.717, 1.165) is 11.8 Å². The van der Waals surface area contributed by atoms with Gasteiger partial charge in [0.2, 0.25) is 0 Å². The fraction of sp³-hybridized carbons (Fsp3) is 0.867. The van der Waals surface area contributed by atoms with Crippen LogP contribution in [0.15, 0.2) is 12.2 Å². The summed E-state index contributed by atoms with van der Waals surface area (Å²) in [7, 11) is 0. The van der Waals surface area contributed by atoms with Gasteiger partial charge in [0.05, 0.1) is 0 Å². The Hall–Kier alpha value is -0.260. The third-order valence-electron chi connectivity index (χ3n) is 3.93. The maximum atomic E-state index is 4.42. The van der Waals surface area contributed by atoms with Crippen LogP contribution in [-0.2, 0) is 0 Å². The maximum Gasteiger partial charge on any atom is -0.0203 e. The highest BCUT2D eigenvalue weighted by Crippen LogP contribution is 2.35. The maximum absolute atomic E-state index is 4.42. The molecule has 0 aromatic heterocycles. The molecule has 0 heterocycles. The first kappa shape index (κ1) is 12.8. The fourth-order valence-electron chi connectivity index (χ4n) is 3.02. The van der Waals surface area contributed by atoms with E-state index in [2.05, 4.69) is 20.4 Å². The summed E-state index contributed by atoms with van der Waals surface area (Å²) in [6.07, 6.45) is 12.5. The second kappa shape index (κ2) is 7.09. The van der Waals surface area contributed by atoms with Crippen LogP contribution in [0.4, 0.5) is 0 Å². The van der Waals surface area contributed by atoms with Gasteiger partial charge in [-0.3, -0.25) is 0 Å². The molecule has 0 aromatic carbocycles. The van der Waals surface area contributed by atoms with Crippen LogP contribution in [0.1, 0.15) is 71.6 Å². The van der Waals surface area contributed by atoms with Crippen LogP contribution in [0.3, 0.4) is 0 Å². The third-order valence-corrected chi connectivity index (χ3v) is 3.93. The number of hydrogen-bond acceptors (Lipinski definition) is 0. The molecule has 0 amide bonds. The van der Waals surface area contributed by atoms with Gasteiger partial charge in [-0.15, -0.1) is 0 Å². The SMILES string of the molecule is C=C(C(CCC)CCC)C1CCCCC1. The second-order valence-electron chi connectivity index (χ2n) is 5.18. The first-order valence-electron chi connectivity index (χ1n) is 6.98. The van der Waals surface area contributed by atoms with Gasteiger partial charge in [0.25, 0.3) is 0 Å². The molecule has 0 aliphatic heterocycles. The van der Waals surface area contributed by atoms with Crippen LogP contribution in [0.2, 0.25) is 0 Å². The van der Waals surface area contributed by atoms with Gasteiger partial charge in [0.15, 0.2) is 0 Å². The molecule has 88 valence electrons. The summed E-state index contributed by atoms with van der Waals surface area (Å²) in [5, 5.41) is 0. The zero-order valence-electron chi connectivity index (χ0n) is 10.7. The first-order chi connectivity index (χ1) is 7.29. The summed E-state index contributed by atoms with van der Waals surface area (Å²) in [4.78, 5) is 0. The van der Waals surface area contributed by atoms with E-state index in [9.17, 15) is 0 Å². The van der Waals surface area contributed by atoms with Crippen molar-refractivity contribution in [3.8, 4) is 0 Å². The van der Waals surface area contributed by atoms with Crippen LogP contribution in [0, 0.1) is 11.8 Å². The van der Waals surface area contributed by atoms with Crippen molar-refractivity contribution in [1.82, 2.24) is 0 Å². The van der Waals surface area contributed by atoms with Gasteiger partial charge >= 0.3 is 0 Å². The molecule has 0 heteroatoms. The van der Waals surface area contributed by atoms with Crippen LogP contribution in [-0.4, -0.2) is 0 Å². The van der Waals surface area contributed by atoms with Gasteiger partial charge in [-0.2, -0.15) is 0 Å². The highest BCUT2D eigenvalue weighted by atomic mass is 14.3. The summed E-state index contributed by atoms with van der Waals surface area (Å²) in [6, 6.07) is 0. The number of rotatable bonds is 6. The second-order valence-corrected chi connectivity index (χ2v) is 5.18. The van der Waals surface area contributed by atoms with E-state index in [-0.39, 0.29) is 0 Å². The molecule has 0 spiro atoms. The van der Waals surface area contributed by atoms with E-state index in [0.29, 0.717) is 0 Å². The summed E-state index contributed by atoms with van der Waals surface area (Å²) in [5.74, 6) is 1.69. The molecule has 1 rings (SSSR count). The molecular weight excluding hydrogens is 180 g/mol. The van der Waals surface area contributed by atoms with Gasteiger partial charge in [0, 0.05) is 0 Å². The lowest BCUT2D eigenvalue weighted by Gasteiger charge is -2.29. The molecule has 0 saturated heterocycles. The Morgan fingerprint density at radius 1 is 1.07 bits per heavy atom. The molecule has 0 radical (unpaired) electrons. The minimum absolute atomic E-state index is 0.822. The molecule has 1 saturated carbocycles. The van der Waals surface area contributed by atoms with Crippen molar-refractivity contribution in [2.24, 2.45) is 11.8 Å². The van der Waals surface area contributed by atoms with E-state index in [1.807, 2.05) is 0 Å². The summed E-state index contributed by atoms with van der Waals surface area (Å²) in [5.41, 5.74) is 1.60. The average molecular weight is 208 g/mol. The van der Waals surface area contributed by atoms with Crippen LogP contribution >= 0.6 is 0 Å². The number of allylic oxidation sites excluding steroid dienone is 1. The Balaban J connectivity index is 2.45. The lowest BCUT2D eigenvalue weighted by Crippen LogP contribution is -2.15. The zero-order valence-corrected chi connectivity index (χ0v) is 10.7. The molecule has 1 aliphatic rings. The zero-order chi connectivity index (χ0) is 11.1. The quantitative estimate of drug-likeness (QED) is 0.517. The third kappa shape index (κ3) is 4.01. The largest absolute Gasteiger partial charge is 0.0993 e. The van der Waals surface area contributed by atoms with Crippen LogP contribution in [0.25, 0.3) is 0 Å². The number of hydrogen-bond donors (Lipinski definition) is 0. The van der Waals surface area contributed by atoms with E-state index in [4.69, 9.17) is 0 Å². The Kier molecular flexibility index (Phi) is 6.05. The molecule has 15 heavy (non-hydrogen) atoms. The lowest BCUT2D eigenvalue weighted by molar-refractivity contribution is 0.355. The van der Waals surface area contributed by atoms with E-state index < -0.39 is 0 Å². The van der Waals surface area contributed by atoms with Crippen LogP contribution < -0.4 is 0 Å². The highest BCUT2D eigenvalue weighted by Gasteiger charge is 2.21. The van der Waals surface area contributed by atoms with Crippen molar-refractivity contribution >= 4 is 0 Å². The molecule has 1 fully saturated rings. The van der Waals surface area contributed by atoms with Crippen molar-refractivity contribution in [2.75, 3.05) is 0 Å². The molecule has 0 N–H and O–H groups in total. The summed E-state index contributed by atoms with van der Waals surface area (Å²) < 4.78 is 0. The van der Waals surface area contributed by atoms with Crippen molar-refractivity contribution in [2.45, 2.75) is 71.6 Å². The molecule has 0 nitrogen and oxygen atoms in total. The normalized spacial score (nSPS) is 18.3. The Bertz CT molecular complexity index is 168. The Labute approximate surface area is 96.2 Å². The fourth-order valence-corrected chi connectivity index (χ4v) is 3.02. The molecule has 0 bridgehead atoms. The molecule has 0 atom stereocenters. The van der Waals surface area contributed by atoms with Crippen molar-refractivity contribution in [3.63, 3.8) is 0 Å². The van der Waals surface area contributed by atoms with Crippen molar-refractivity contribution in [3.05, 3.63) is 12.2 Å². The Morgan fingerprint density at radius 3 is 2.07 bits per heavy atom. The van der Waals surface area contributed by atoms with Gasteiger partial charge in [-0.25, -0.2) is 0 Å². The van der Waals surface area contributed by atoms with Gasteiger partial charge in [0.1, 0.15) is 0 Å². The molecule has 1 aliphatic carbocycles. The standard InChI is InChI=1S/C15H28/c1-4-9-14(10-5-2)13(3)15-11-7-6-8-12-15/h14-15H,3-12H2,1-2H3. The predicted octanol–water partition coefficient (Wildman–Crippen LogP) is 5.34. The van der Waals surface area contributed by atoms with Crippen LogP contribution in [0.5, 0.6) is 0 Å². The van der Waals surface area contributed by atoms with Gasteiger partial charge in [-0.05, 0) is 37.5 Å². The van der Waals surface area contributed by atoms with E-state index >= 15 is 0 Å². The minimum Gasteiger partial charge on any atom is -0.0993 e. The minimum atomic E-state index is 0.822. The first-order valence-corrected chi connectivity index (χ1v) is 6.98. The van der Waals surface area contributed by atoms with Gasteiger partial charge in [-0.1, -0.05) is 58.1 Å². The smallest absolute Gasteiger partial charge is 0.0203 e. The van der Waals surface area contributed by atoms with Crippen molar-refractivity contribution in [1.29, 1.82) is 0 Å². The summed E-state index contributed by atoms with van der Waals surface area (Å²) in [6.45, 7) is 9.02. The van der Waals surface area contributed by atoms with Crippen molar-refractivity contribution < 1.29 is 0 Å². The van der Waals surface area contributed by atoms with E-state index in [1.165, 1.54) is 57.8 Å². The molecule has 0 aromatic rings. The topological polar surface area (TPSA) is 0 Å².